The highest BCUT2D eigenvalue weighted by Crippen LogP contribution is 2.25. The number of ether oxygens (including phenoxy) is 1. The Morgan fingerprint density at radius 3 is 2.38 bits per heavy atom. The number of carbonyl (C=O) groups is 4. The van der Waals surface area contributed by atoms with Crippen molar-refractivity contribution in [2.45, 2.75) is 77.6 Å². The Morgan fingerprint density at radius 1 is 1.24 bits per heavy atom. The van der Waals surface area contributed by atoms with Crippen LogP contribution in [0.2, 0.25) is 0 Å². The van der Waals surface area contributed by atoms with Crippen molar-refractivity contribution in [1.82, 2.24) is 15.5 Å². The molecule has 5 N–H and O–H groups in total. The Labute approximate surface area is 200 Å². The van der Waals surface area contributed by atoms with Crippen molar-refractivity contribution in [1.29, 1.82) is 0 Å². The zero-order valence-corrected chi connectivity index (χ0v) is 20.3. The number of aromatic hydroxyl groups is 1. The van der Waals surface area contributed by atoms with Gasteiger partial charge in [-0.3, -0.25) is 19.3 Å². The van der Waals surface area contributed by atoms with Crippen LogP contribution in [0.1, 0.15) is 65.5 Å². The van der Waals surface area contributed by atoms with Gasteiger partial charge in [0.1, 0.15) is 23.4 Å². The molecule has 186 valence electrons. The average molecular weight is 475 g/mol. The molecule has 0 spiro atoms. The van der Waals surface area contributed by atoms with Gasteiger partial charge in [-0.05, 0) is 51.8 Å². The molecule has 0 aliphatic heterocycles. The summed E-state index contributed by atoms with van der Waals surface area (Å²) in [4.78, 5) is 51.3. The van der Waals surface area contributed by atoms with Gasteiger partial charge in [0.2, 0.25) is 11.8 Å². The number of hydrogen-bond acceptors (Lipinski definition) is 6. The summed E-state index contributed by atoms with van der Waals surface area (Å²) in [6.45, 7) is 8.66. The van der Waals surface area contributed by atoms with Crippen LogP contribution in [0.15, 0.2) is 24.3 Å². The van der Waals surface area contributed by atoms with E-state index in [-0.39, 0.29) is 17.4 Å². The molecule has 0 heterocycles. The number of amides is 4. The quantitative estimate of drug-likeness (QED) is 0.300. The third-order valence-electron chi connectivity index (χ3n) is 4.57. The zero-order chi connectivity index (χ0) is 26.1. The maximum absolute atomic E-state index is 13.4. The third-order valence-corrected chi connectivity index (χ3v) is 4.57. The summed E-state index contributed by atoms with van der Waals surface area (Å²) in [5.41, 5.74) is 4.65. The number of nitrogens with zero attached hydrogens (tertiary/aromatic N) is 1. The van der Waals surface area contributed by atoms with Gasteiger partial charge < -0.3 is 26.2 Å². The number of phenols is 1. The molecule has 1 aromatic carbocycles. The molecule has 0 aliphatic carbocycles. The van der Waals surface area contributed by atoms with Crippen LogP contribution in [-0.4, -0.2) is 51.5 Å². The predicted octanol–water partition coefficient (Wildman–Crippen LogP) is 1.93. The first-order valence-electron chi connectivity index (χ1n) is 11.0. The smallest absolute Gasteiger partial charge is 0.408 e. The minimum atomic E-state index is -1.48. The molecule has 0 aliphatic rings. The van der Waals surface area contributed by atoms with Gasteiger partial charge in [-0.15, -0.1) is 0 Å². The van der Waals surface area contributed by atoms with Gasteiger partial charge in [-0.25, -0.2) is 4.79 Å². The molecule has 1 rings (SSSR count). The van der Waals surface area contributed by atoms with E-state index in [1.165, 1.54) is 24.3 Å². The largest absolute Gasteiger partial charge is 0.508 e. The first-order chi connectivity index (χ1) is 15.8. The summed E-state index contributed by atoms with van der Waals surface area (Å²) in [5, 5.41) is 15.1. The lowest BCUT2D eigenvalue weighted by molar-refractivity contribution is -0.139. The number of terminal acetylenes is 1. The normalized spacial score (nSPS) is 13.5. The molecule has 0 bridgehead atoms. The SMILES string of the molecule is C#CN(C(=O)C(CC(N)=O)NC(=O)OC(C)(C)C)C(C(=O)NC(C)CCC)c1cccc(O)c1. The van der Waals surface area contributed by atoms with Gasteiger partial charge in [-0.2, -0.15) is 0 Å². The van der Waals surface area contributed by atoms with Crippen LogP contribution in [0.3, 0.4) is 0 Å². The van der Waals surface area contributed by atoms with Crippen molar-refractivity contribution in [3.8, 4) is 18.2 Å². The first-order valence-corrected chi connectivity index (χ1v) is 11.0. The van der Waals surface area contributed by atoms with E-state index in [1.807, 2.05) is 13.8 Å². The molecule has 1 aromatic rings. The molecule has 3 unspecified atom stereocenters. The highest BCUT2D eigenvalue weighted by Gasteiger charge is 2.37. The van der Waals surface area contributed by atoms with Crippen LogP contribution in [-0.2, 0) is 19.1 Å². The van der Waals surface area contributed by atoms with Crippen LogP contribution in [0.4, 0.5) is 4.79 Å². The minimum absolute atomic E-state index is 0.137. The number of phenolic OH excluding ortho intramolecular Hbond substituents is 1. The van der Waals surface area contributed by atoms with Crippen LogP contribution in [0.5, 0.6) is 5.75 Å². The second-order valence-electron chi connectivity index (χ2n) is 8.90. The van der Waals surface area contributed by atoms with E-state index in [0.29, 0.717) is 6.42 Å². The lowest BCUT2D eigenvalue weighted by Gasteiger charge is -2.30. The van der Waals surface area contributed by atoms with E-state index in [4.69, 9.17) is 16.9 Å². The zero-order valence-electron chi connectivity index (χ0n) is 20.3. The summed E-state index contributed by atoms with van der Waals surface area (Å²) >= 11 is 0. The summed E-state index contributed by atoms with van der Waals surface area (Å²) in [6.07, 6.45) is 5.60. The van der Waals surface area contributed by atoms with E-state index in [9.17, 15) is 24.3 Å². The molecule has 0 fully saturated rings. The summed E-state index contributed by atoms with van der Waals surface area (Å²) in [5.74, 6) is -2.52. The second kappa shape index (κ2) is 12.5. The molecule has 0 aromatic heterocycles. The maximum atomic E-state index is 13.4. The second-order valence-corrected chi connectivity index (χ2v) is 8.90. The highest BCUT2D eigenvalue weighted by atomic mass is 16.6. The van der Waals surface area contributed by atoms with Crippen molar-refractivity contribution in [2.75, 3.05) is 0 Å². The van der Waals surface area contributed by atoms with Crippen molar-refractivity contribution in [3.63, 3.8) is 0 Å². The topological polar surface area (TPSA) is 151 Å². The average Bonchev–Trinajstić information content (AvgIpc) is 2.69. The summed E-state index contributed by atoms with van der Waals surface area (Å²) in [7, 11) is 0. The summed E-state index contributed by atoms with van der Waals surface area (Å²) in [6, 6.07) is 4.86. The fourth-order valence-corrected chi connectivity index (χ4v) is 3.22. The number of rotatable bonds is 10. The van der Waals surface area contributed by atoms with Crippen molar-refractivity contribution in [3.05, 3.63) is 29.8 Å². The Hall–Kier alpha value is -3.74. The molecular weight excluding hydrogens is 440 g/mol. The monoisotopic (exact) mass is 474 g/mol. The lowest BCUT2D eigenvalue weighted by Crippen LogP contribution is -2.53. The molecule has 34 heavy (non-hydrogen) atoms. The number of nitrogens with two attached hydrogens (primary N) is 1. The van der Waals surface area contributed by atoms with E-state index < -0.39 is 47.9 Å². The number of hydrogen-bond donors (Lipinski definition) is 4. The first kappa shape index (κ1) is 28.3. The Morgan fingerprint density at radius 2 is 1.88 bits per heavy atom. The van der Waals surface area contributed by atoms with Crippen molar-refractivity contribution < 1.29 is 29.0 Å². The van der Waals surface area contributed by atoms with E-state index in [0.717, 1.165) is 11.3 Å². The minimum Gasteiger partial charge on any atom is -0.508 e. The van der Waals surface area contributed by atoms with Gasteiger partial charge >= 0.3 is 6.09 Å². The number of benzene rings is 1. The van der Waals surface area contributed by atoms with Crippen molar-refractivity contribution in [2.24, 2.45) is 5.73 Å². The summed E-state index contributed by atoms with van der Waals surface area (Å²) < 4.78 is 5.16. The molecule has 4 amide bonds. The highest BCUT2D eigenvalue weighted by molar-refractivity contribution is 5.95. The van der Waals surface area contributed by atoms with E-state index >= 15 is 0 Å². The standard InChI is InChI=1S/C24H34N4O6/c1-7-10-15(3)26-21(31)20(16-11-9-12-17(29)13-16)28(8-2)22(32)18(14-19(25)30)27-23(33)34-24(4,5)6/h2,9,11-13,15,18,20,29H,7,10,14H2,1,3-6H3,(H2,25,30)(H,26,31)(H,27,33). The number of nitrogens with one attached hydrogen (secondary N) is 2. The fourth-order valence-electron chi connectivity index (χ4n) is 3.22. The van der Waals surface area contributed by atoms with E-state index in [1.54, 1.807) is 20.8 Å². The van der Waals surface area contributed by atoms with Crippen LogP contribution in [0, 0.1) is 12.5 Å². The van der Waals surface area contributed by atoms with Gasteiger partial charge in [0.05, 0.1) is 6.42 Å². The predicted molar refractivity (Wildman–Crippen MR) is 126 cm³/mol. The van der Waals surface area contributed by atoms with Gasteiger partial charge in [0.15, 0.2) is 0 Å². The molecule has 3 atom stereocenters. The number of primary amides is 1. The number of carbonyl (C=O) groups excluding carboxylic acids is 4. The van der Waals surface area contributed by atoms with Crippen LogP contribution < -0.4 is 16.4 Å². The van der Waals surface area contributed by atoms with Gasteiger partial charge in [-0.1, -0.05) is 31.9 Å². The van der Waals surface area contributed by atoms with Crippen molar-refractivity contribution >= 4 is 23.8 Å². The molecule has 10 heteroatoms. The number of alkyl carbamates (subject to hydrolysis) is 1. The van der Waals surface area contributed by atoms with Gasteiger partial charge in [0, 0.05) is 12.1 Å². The van der Waals surface area contributed by atoms with E-state index in [2.05, 4.69) is 16.7 Å². The van der Waals surface area contributed by atoms with Crippen LogP contribution >= 0.6 is 0 Å². The molecule has 0 saturated carbocycles. The Balaban J connectivity index is 3.38. The van der Waals surface area contributed by atoms with Gasteiger partial charge in [0.25, 0.3) is 5.91 Å². The molecule has 0 radical (unpaired) electrons. The Bertz CT molecular complexity index is 934. The Kier molecular flexibility index (Phi) is 10.4. The maximum Gasteiger partial charge on any atom is 0.408 e. The molecule has 0 saturated heterocycles. The fraction of sp³-hybridized carbons (Fsp3) is 0.500. The molecular formula is C24H34N4O6. The molecule has 10 nitrogen and oxygen atoms in total. The third kappa shape index (κ3) is 9.02. The van der Waals surface area contributed by atoms with Crippen LogP contribution in [0.25, 0.3) is 0 Å². The lowest BCUT2D eigenvalue weighted by atomic mass is 10.0.